The summed E-state index contributed by atoms with van der Waals surface area (Å²) in [6, 6.07) is 0.115. The van der Waals surface area contributed by atoms with Crippen molar-refractivity contribution in [2.45, 2.75) is 58.3 Å². The van der Waals surface area contributed by atoms with E-state index in [-0.39, 0.29) is 24.8 Å². The van der Waals surface area contributed by atoms with Gasteiger partial charge in [-0.05, 0) is 45.1 Å². The van der Waals surface area contributed by atoms with Crippen LogP contribution in [0.2, 0.25) is 0 Å². The molecule has 0 bridgehead atoms. The molecule has 1 saturated carbocycles. The minimum atomic E-state index is -4.04. The second kappa shape index (κ2) is 6.81. The number of alkyl halides is 3. The van der Waals surface area contributed by atoms with E-state index in [1.807, 2.05) is 30.9 Å². The smallest absolute Gasteiger partial charge is 0.310 e. The Morgan fingerprint density at radius 3 is 2.43 bits per heavy atom. The molecule has 1 heterocycles. The maximum Gasteiger partial charge on any atom is 0.391 e. The average Bonchev–Trinajstić information content (AvgIpc) is 2.92. The SMILES string of the molecule is CCNC(c1cnn(CC)c1)C1CCC(C(F)(F)F)CC1. The van der Waals surface area contributed by atoms with E-state index in [0.717, 1.165) is 18.7 Å². The molecule has 3 nitrogen and oxygen atoms in total. The van der Waals surface area contributed by atoms with Crippen molar-refractivity contribution in [3.05, 3.63) is 18.0 Å². The van der Waals surface area contributed by atoms with Gasteiger partial charge in [0.1, 0.15) is 0 Å². The summed E-state index contributed by atoms with van der Waals surface area (Å²) in [7, 11) is 0. The van der Waals surface area contributed by atoms with Crippen LogP contribution < -0.4 is 5.32 Å². The summed E-state index contributed by atoms with van der Waals surface area (Å²) < 4.78 is 40.1. The summed E-state index contributed by atoms with van der Waals surface area (Å²) in [6.07, 6.45) is 1.55. The Labute approximate surface area is 123 Å². The van der Waals surface area contributed by atoms with Gasteiger partial charge in [-0.15, -0.1) is 0 Å². The lowest BCUT2D eigenvalue weighted by Gasteiger charge is -2.34. The van der Waals surface area contributed by atoms with Crippen molar-refractivity contribution in [1.82, 2.24) is 15.1 Å². The third kappa shape index (κ3) is 3.99. The highest BCUT2D eigenvalue weighted by Crippen LogP contribution is 2.43. The van der Waals surface area contributed by atoms with Gasteiger partial charge < -0.3 is 5.32 Å². The summed E-state index contributed by atoms with van der Waals surface area (Å²) in [5.41, 5.74) is 1.09. The van der Waals surface area contributed by atoms with Crippen LogP contribution in [0.4, 0.5) is 13.2 Å². The zero-order valence-electron chi connectivity index (χ0n) is 12.7. The molecule has 120 valence electrons. The summed E-state index contributed by atoms with van der Waals surface area (Å²) in [6.45, 7) is 5.66. The fourth-order valence-electron chi connectivity index (χ4n) is 3.27. The number of rotatable bonds is 5. The summed E-state index contributed by atoms with van der Waals surface area (Å²) in [5.74, 6) is -0.854. The van der Waals surface area contributed by atoms with E-state index in [2.05, 4.69) is 10.4 Å². The molecule has 1 fully saturated rings. The van der Waals surface area contributed by atoms with Gasteiger partial charge in [0.05, 0.1) is 12.1 Å². The monoisotopic (exact) mass is 303 g/mol. The predicted molar refractivity (Wildman–Crippen MR) is 75.8 cm³/mol. The second-order valence-corrected chi connectivity index (χ2v) is 5.82. The van der Waals surface area contributed by atoms with Crippen LogP contribution in [0.3, 0.4) is 0 Å². The van der Waals surface area contributed by atoms with Crippen molar-refractivity contribution < 1.29 is 13.2 Å². The lowest BCUT2D eigenvalue weighted by Crippen LogP contribution is -2.34. The molecule has 0 aromatic carbocycles. The summed E-state index contributed by atoms with van der Waals surface area (Å²) >= 11 is 0. The molecule has 0 spiro atoms. The van der Waals surface area contributed by atoms with Crippen LogP contribution in [0.5, 0.6) is 0 Å². The fourth-order valence-corrected chi connectivity index (χ4v) is 3.27. The minimum Gasteiger partial charge on any atom is -0.310 e. The van der Waals surface area contributed by atoms with Crippen LogP contribution >= 0.6 is 0 Å². The second-order valence-electron chi connectivity index (χ2n) is 5.82. The van der Waals surface area contributed by atoms with E-state index in [4.69, 9.17) is 0 Å². The molecule has 1 atom stereocenters. The number of aromatic nitrogens is 2. The molecule has 1 aromatic heterocycles. The molecule has 1 aliphatic carbocycles. The van der Waals surface area contributed by atoms with E-state index in [1.165, 1.54) is 0 Å². The first-order valence-corrected chi connectivity index (χ1v) is 7.78. The highest BCUT2D eigenvalue weighted by Gasteiger charge is 2.42. The standard InChI is InChI=1S/C15H24F3N3/c1-3-19-14(12-9-20-21(4-2)10-12)11-5-7-13(8-6-11)15(16,17)18/h9-11,13-14,19H,3-8H2,1-2H3. The lowest BCUT2D eigenvalue weighted by atomic mass is 9.77. The molecule has 0 saturated heterocycles. The van der Waals surface area contributed by atoms with Gasteiger partial charge in [-0.25, -0.2) is 0 Å². The fraction of sp³-hybridized carbons (Fsp3) is 0.800. The highest BCUT2D eigenvalue weighted by molar-refractivity contribution is 5.12. The third-order valence-electron chi connectivity index (χ3n) is 4.47. The number of hydrogen-bond donors (Lipinski definition) is 1. The van der Waals surface area contributed by atoms with Crippen molar-refractivity contribution in [3.8, 4) is 0 Å². The number of nitrogens with zero attached hydrogens (tertiary/aromatic N) is 2. The van der Waals surface area contributed by atoms with Crippen LogP contribution in [0.25, 0.3) is 0 Å². The van der Waals surface area contributed by atoms with Crippen LogP contribution in [-0.2, 0) is 6.54 Å². The molecule has 6 heteroatoms. The van der Waals surface area contributed by atoms with E-state index < -0.39 is 12.1 Å². The quantitative estimate of drug-likeness (QED) is 0.893. The number of hydrogen-bond acceptors (Lipinski definition) is 2. The van der Waals surface area contributed by atoms with Crippen molar-refractivity contribution in [2.75, 3.05) is 6.54 Å². The molecule has 0 radical (unpaired) electrons. The van der Waals surface area contributed by atoms with E-state index in [1.54, 1.807) is 0 Å². The Morgan fingerprint density at radius 1 is 1.29 bits per heavy atom. The van der Waals surface area contributed by atoms with Gasteiger partial charge in [0.2, 0.25) is 0 Å². The largest absolute Gasteiger partial charge is 0.391 e. The molecule has 1 aliphatic rings. The predicted octanol–water partition coefficient (Wildman–Crippen LogP) is 3.92. The maximum absolute atomic E-state index is 12.8. The van der Waals surface area contributed by atoms with Gasteiger partial charge in [-0.3, -0.25) is 4.68 Å². The van der Waals surface area contributed by atoms with Crippen LogP contribution in [0.1, 0.15) is 51.1 Å². The van der Waals surface area contributed by atoms with Gasteiger partial charge in [0, 0.05) is 24.3 Å². The topological polar surface area (TPSA) is 29.9 Å². The Balaban J connectivity index is 2.03. The highest BCUT2D eigenvalue weighted by atomic mass is 19.4. The molecule has 21 heavy (non-hydrogen) atoms. The van der Waals surface area contributed by atoms with Gasteiger partial charge >= 0.3 is 6.18 Å². The number of nitrogens with one attached hydrogen (secondary N) is 1. The summed E-state index contributed by atoms with van der Waals surface area (Å²) in [4.78, 5) is 0. The molecule has 2 rings (SSSR count). The van der Waals surface area contributed by atoms with Gasteiger partial charge in [0.15, 0.2) is 0 Å². The van der Waals surface area contributed by atoms with E-state index in [9.17, 15) is 13.2 Å². The van der Waals surface area contributed by atoms with E-state index in [0.29, 0.717) is 12.8 Å². The van der Waals surface area contributed by atoms with Crippen LogP contribution in [0.15, 0.2) is 12.4 Å². The van der Waals surface area contributed by atoms with Gasteiger partial charge in [-0.1, -0.05) is 6.92 Å². The van der Waals surface area contributed by atoms with E-state index >= 15 is 0 Å². The molecule has 1 N–H and O–H groups in total. The molecule has 0 amide bonds. The molecular formula is C15H24F3N3. The number of aryl methyl sites for hydroxylation is 1. The zero-order valence-corrected chi connectivity index (χ0v) is 12.7. The first-order valence-electron chi connectivity index (χ1n) is 7.78. The normalized spacial score (nSPS) is 25.0. The van der Waals surface area contributed by atoms with Gasteiger partial charge in [0.25, 0.3) is 0 Å². The van der Waals surface area contributed by atoms with Crippen molar-refractivity contribution in [1.29, 1.82) is 0 Å². The van der Waals surface area contributed by atoms with Gasteiger partial charge in [-0.2, -0.15) is 18.3 Å². The van der Waals surface area contributed by atoms with Crippen molar-refractivity contribution in [2.24, 2.45) is 11.8 Å². The summed E-state index contributed by atoms with van der Waals surface area (Å²) in [5, 5.41) is 7.71. The molecule has 1 aromatic rings. The Kier molecular flexibility index (Phi) is 5.30. The Morgan fingerprint density at radius 2 is 1.95 bits per heavy atom. The number of halogens is 3. The Hall–Kier alpha value is -1.04. The Bertz CT molecular complexity index is 434. The average molecular weight is 303 g/mol. The lowest BCUT2D eigenvalue weighted by molar-refractivity contribution is -0.184. The van der Waals surface area contributed by atoms with Crippen LogP contribution in [0, 0.1) is 11.8 Å². The van der Waals surface area contributed by atoms with Crippen molar-refractivity contribution >= 4 is 0 Å². The first-order chi connectivity index (χ1) is 9.95. The van der Waals surface area contributed by atoms with Crippen LogP contribution in [-0.4, -0.2) is 22.5 Å². The molecule has 1 unspecified atom stereocenters. The molecular weight excluding hydrogens is 279 g/mol. The molecule has 0 aliphatic heterocycles. The maximum atomic E-state index is 12.8. The van der Waals surface area contributed by atoms with Crippen molar-refractivity contribution in [3.63, 3.8) is 0 Å². The minimum absolute atomic E-state index is 0.115. The third-order valence-corrected chi connectivity index (χ3v) is 4.47. The first kappa shape index (κ1) is 16.3. The zero-order chi connectivity index (χ0) is 15.5.